The maximum absolute atomic E-state index is 12.0. The van der Waals surface area contributed by atoms with Gasteiger partial charge in [-0.1, -0.05) is 17.7 Å². The second kappa shape index (κ2) is 10.8. The van der Waals surface area contributed by atoms with Crippen molar-refractivity contribution >= 4 is 50.7 Å². The number of hydrogen-bond donors (Lipinski definition) is 3. The third-order valence-electron chi connectivity index (χ3n) is 3.17. The van der Waals surface area contributed by atoms with Gasteiger partial charge in [0.2, 0.25) is 10.0 Å². The van der Waals surface area contributed by atoms with Gasteiger partial charge in [0.05, 0.1) is 0 Å². The molecule has 10 heteroatoms. The number of thioether (sulfide) groups is 1. The molecule has 0 saturated heterocycles. The van der Waals surface area contributed by atoms with Crippen LogP contribution in [0.5, 0.6) is 0 Å². The van der Waals surface area contributed by atoms with Crippen LogP contribution in [-0.2, 0) is 10.0 Å². The van der Waals surface area contributed by atoms with Gasteiger partial charge in [0, 0.05) is 42.4 Å². The van der Waals surface area contributed by atoms with E-state index in [9.17, 15) is 8.42 Å². The van der Waals surface area contributed by atoms with Crippen molar-refractivity contribution < 1.29 is 8.42 Å². The van der Waals surface area contributed by atoms with Gasteiger partial charge in [-0.3, -0.25) is 4.99 Å². The summed E-state index contributed by atoms with van der Waals surface area (Å²) in [7, 11) is -1.74. The molecule has 0 atom stereocenters. The highest BCUT2D eigenvalue weighted by atomic mass is 35.5. The zero-order valence-electron chi connectivity index (χ0n) is 14.2. The predicted molar refractivity (Wildman–Crippen MR) is 111 cm³/mol. The molecule has 1 aromatic carbocycles. The Kier molecular flexibility index (Phi) is 8.73. The van der Waals surface area contributed by atoms with Crippen molar-refractivity contribution in [1.82, 2.24) is 15.4 Å². The third kappa shape index (κ3) is 7.16. The molecule has 0 bridgehead atoms. The van der Waals surface area contributed by atoms with Gasteiger partial charge in [0.25, 0.3) is 0 Å². The van der Waals surface area contributed by atoms with Crippen molar-refractivity contribution in [2.75, 3.05) is 32.4 Å². The van der Waals surface area contributed by atoms with Gasteiger partial charge < -0.3 is 10.6 Å². The van der Waals surface area contributed by atoms with Crippen molar-refractivity contribution in [2.45, 2.75) is 9.10 Å². The van der Waals surface area contributed by atoms with E-state index in [1.165, 1.54) is 11.3 Å². The minimum atomic E-state index is -3.42. The molecule has 0 radical (unpaired) electrons. The van der Waals surface area contributed by atoms with Gasteiger partial charge in [-0.2, -0.15) is 0 Å². The Morgan fingerprint density at radius 1 is 1.15 bits per heavy atom. The highest BCUT2D eigenvalue weighted by Gasteiger charge is 2.13. The summed E-state index contributed by atoms with van der Waals surface area (Å²) in [5.41, 5.74) is 0. The number of sulfonamides is 1. The Labute approximate surface area is 167 Å². The largest absolute Gasteiger partial charge is 0.356 e. The van der Waals surface area contributed by atoms with Crippen LogP contribution in [0.2, 0.25) is 5.02 Å². The Morgan fingerprint density at radius 3 is 2.54 bits per heavy atom. The van der Waals surface area contributed by atoms with Crippen molar-refractivity contribution in [1.29, 1.82) is 0 Å². The van der Waals surface area contributed by atoms with Gasteiger partial charge in [-0.15, -0.1) is 23.1 Å². The fraction of sp³-hybridized carbons (Fsp3) is 0.312. The fourth-order valence-electron chi connectivity index (χ4n) is 1.94. The molecule has 1 heterocycles. The second-order valence-corrected chi connectivity index (χ2v) is 9.60. The van der Waals surface area contributed by atoms with Gasteiger partial charge in [-0.25, -0.2) is 13.1 Å². The van der Waals surface area contributed by atoms with Crippen LogP contribution in [-0.4, -0.2) is 46.8 Å². The lowest BCUT2D eigenvalue weighted by molar-refractivity contribution is 0.582. The number of guanidine groups is 1. The van der Waals surface area contributed by atoms with E-state index in [2.05, 4.69) is 20.3 Å². The molecule has 0 aliphatic carbocycles. The van der Waals surface area contributed by atoms with E-state index in [0.717, 1.165) is 22.2 Å². The van der Waals surface area contributed by atoms with Crippen LogP contribution in [0.1, 0.15) is 0 Å². The molecule has 2 rings (SSSR count). The monoisotopic (exact) mass is 432 g/mol. The summed E-state index contributed by atoms with van der Waals surface area (Å²) < 4.78 is 26.9. The first-order valence-electron chi connectivity index (χ1n) is 7.87. The third-order valence-corrected chi connectivity index (χ3v) is 7.29. The maximum atomic E-state index is 12.0. The Balaban J connectivity index is 1.62. The number of thiophene rings is 1. The van der Waals surface area contributed by atoms with Gasteiger partial charge >= 0.3 is 0 Å². The van der Waals surface area contributed by atoms with Crippen molar-refractivity contribution in [3.8, 4) is 0 Å². The predicted octanol–water partition coefficient (Wildman–Crippen LogP) is 2.64. The standard InChI is InChI=1S/C16H21ClN4O2S3/c1-18-16(20-10-12-24-14-6-4-13(17)5-7-14)19-8-9-21-26(22,23)15-3-2-11-25-15/h2-7,11,21H,8-10,12H2,1H3,(H2,18,19,20). The van der Waals surface area contributed by atoms with Crippen molar-refractivity contribution in [3.63, 3.8) is 0 Å². The van der Waals surface area contributed by atoms with Crippen LogP contribution in [0.25, 0.3) is 0 Å². The molecule has 1 aromatic heterocycles. The molecule has 0 fully saturated rings. The first-order valence-corrected chi connectivity index (χ1v) is 11.6. The summed E-state index contributed by atoms with van der Waals surface area (Å²) in [6.07, 6.45) is 0. The normalized spacial score (nSPS) is 12.2. The summed E-state index contributed by atoms with van der Waals surface area (Å²) in [6, 6.07) is 11.0. The zero-order valence-corrected chi connectivity index (χ0v) is 17.4. The molecule has 3 N–H and O–H groups in total. The zero-order chi connectivity index (χ0) is 18.8. The SMILES string of the molecule is CN=C(NCCNS(=O)(=O)c1cccs1)NCCSc1ccc(Cl)cc1. The molecule has 26 heavy (non-hydrogen) atoms. The number of nitrogens with zero attached hydrogens (tertiary/aromatic N) is 1. The second-order valence-electron chi connectivity index (χ2n) is 5.06. The quantitative estimate of drug-likeness (QED) is 0.245. The number of rotatable bonds is 9. The fourth-order valence-corrected chi connectivity index (χ4v) is 4.91. The van der Waals surface area contributed by atoms with Crippen LogP contribution in [0.3, 0.4) is 0 Å². The molecule has 6 nitrogen and oxygen atoms in total. The average Bonchev–Trinajstić information content (AvgIpc) is 3.17. The highest BCUT2D eigenvalue weighted by Crippen LogP contribution is 2.19. The molecule has 0 aliphatic rings. The average molecular weight is 433 g/mol. The minimum absolute atomic E-state index is 0.278. The van der Waals surface area contributed by atoms with E-state index in [-0.39, 0.29) is 6.54 Å². The molecular weight excluding hydrogens is 412 g/mol. The maximum Gasteiger partial charge on any atom is 0.250 e. The van der Waals surface area contributed by atoms with Crippen LogP contribution >= 0.6 is 34.7 Å². The van der Waals surface area contributed by atoms with Crippen molar-refractivity contribution in [3.05, 3.63) is 46.8 Å². The van der Waals surface area contributed by atoms with E-state index in [0.29, 0.717) is 16.7 Å². The van der Waals surface area contributed by atoms with E-state index < -0.39 is 10.0 Å². The molecule has 0 saturated carbocycles. The summed E-state index contributed by atoms with van der Waals surface area (Å²) >= 11 is 8.78. The van der Waals surface area contributed by atoms with Crippen LogP contribution in [0, 0.1) is 0 Å². The van der Waals surface area contributed by atoms with Crippen LogP contribution < -0.4 is 15.4 Å². The molecule has 2 aromatic rings. The lowest BCUT2D eigenvalue weighted by Crippen LogP contribution is -2.42. The number of hydrogen-bond acceptors (Lipinski definition) is 5. The minimum Gasteiger partial charge on any atom is -0.356 e. The summed E-state index contributed by atoms with van der Waals surface area (Å²) in [6.45, 7) is 1.45. The highest BCUT2D eigenvalue weighted by molar-refractivity contribution is 7.99. The molecule has 142 valence electrons. The molecule has 0 spiro atoms. The van der Waals surface area contributed by atoms with E-state index in [4.69, 9.17) is 11.6 Å². The Morgan fingerprint density at radius 2 is 1.88 bits per heavy atom. The number of nitrogens with one attached hydrogen (secondary N) is 3. The van der Waals surface area contributed by atoms with E-state index in [1.807, 2.05) is 24.3 Å². The van der Waals surface area contributed by atoms with Crippen LogP contribution in [0.4, 0.5) is 0 Å². The van der Waals surface area contributed by atoms with Crippen LogP contribution in [0.15, 0.2) is 55.9 Å². The Bertz CT molecular complexity index is 793. The summed E-state index contributed by atoms with van der Waals surface area (Å²) in [5.74, 6) is 1.50. The first-order chi connectivity index (χ1) is 12.5. The summed E-state index contributed by atoms with van der Waals surface area (Å²) in [5, 5.41) is 8.74. The summed E-state index contributed by atoms with van der Waals surface area (Å²) in [4.78, 5) is 5.28. The van der Waals surface area contributed by atoms with Gasteiger partial charge in [0.15, 0.2) is 5.96 Å². The number of benzene rings is 1. The van der Waals surface area contributed by atoms with Gasteiger partial charge in [0.1, 0.15) is 4.21 Å². The van der Waals surface area contributed by atoms with E-state index >= 15 is 0 Å². The van der Waals surface area contributed by atoms with Crippen molar-refractivity contribution in [2.24, 2.45) is 4.99 Å². The number of aliphatic imine (C=N–C) groups is 1. The molecule has 0 amide bonds. The lowest BCUT2D eigenvalue weighted by Gasteiger charge is -2.12. The topological polar surface area (TPSA) is 82.6 Å². The Hall–Kier alpha value is -1.26. The number of halogens is 1. The molecular formula is C16H21ClN4O2S3. The first kappa shape index (κ1) is 21.0. The lowest BCUT2D eigenvalue weighted by atomic mass is 10.4. The molecule has 0 unspecified atom stereocenters. The molecule has 0 aliphatic heterocycles. The van der Waals surface area contributed by atoms with E-state index in [1.54, 1.807) is 36.3 Å². The van der Waals surface area contributed by atoms with Gasteiger partial charge in [-0.05, 0) is 35.7 Å². The smallest absolute Gasteiger partial charge is 0.250 e.